The van der Waals surface area contributed by atoms with Crippen molar-refractivity contribution in [3.05, 3.63) is 0 Å². The molecular formula is C27H56. The summed E-state index contributed by atoms with van der Waals surface area (Å²) in [5.74, 6) is 3.65. The third-order valence-corrected chi connectivity index (χ3v) is 7.19. The quantitative estimate of drug-likeness (QED) is 0.184. The van der Waals surface area contributed by atoms with Gasteiger partial charge in [0.15, 0.2) is 0 Å². The van der Waals surface area contributed by atoms with Gasteiger partial charge in [-0.1, -0.05) is 151 Å². The van der Waals surface area contributed by atoms with E-state index in [9.17, 15) is 0 Å². The van der Waals surface area contributed by atoms with Gasteiger partial charge in [-0.15, -0.1) is 0 Å². The van der Waals surface area contributed by atoms with Crippen LogP contribution in [0.4, 0.5) is 0 Å². The summed E-state index contributed by atoms with van der Waals surface area (Å²) >= 11 is 0. The van der Waals surface area contributed by atoms with Crippen LogP contribution < -0.4 is 0 Å². The molecule has 0 bridgehead atoms. The van der Waals surface area contributed by atoms with E-state index in [1.807, 2.05) is 0 Å². The molecular weight excluding hydrogens is 324 g/mol. The molecule has 0 N–H and O–H groups in total. The van der Waals surface area contributed by atoms with Gasteiger partial charge in [-0.05, 0) is 23.7 Å². The van der Waals surface area contributed by atoms with E-state index in [-0.39, 0.29) is 0 Å². The summed E-state index contributed by atoms with van der Waals surface area (Å²) in [6, 6.07) is 0. The van der Waals surface area contributed by atoms with Crippen LogP contribution in [-0.2, 0) is 0 Å². The van der Waals surface area contributed by atoms with Crippen molar-refractivity contribution < 1.29 is 0 Å². The van der Waals surface area contributed by atoms with Crippen molar-refractivity contribution in [1.82, 2.24) is 0 Å². The monoisotopic (exact) mass is 380 g/mol. The molecule has 0 spiro atoms. The summed E-state index contributed by atoms with van der Waals surface area (Å²) in [6.07, 6.45) is 24.8. The first-order valence-electron chi connectivity index (χ1n) is 13.0. The summed E-state index contributed by atoms with van der Waals surface area (Å²) in [5, 5.41) is 0. The van der Waals surface area contributed by atoms with Crippen LogP contribution >= 0.6 is 0 Å². The minimum Gasteiger partial charge on any atom is -0.0654 e. The van der Waals surface area contributed by atoms with Gasteiger partial charge in [-0.3, -0.25) is 0 Å². The second-order valence-corrected chi connectivity index (χ2v) is 10.1. The summed E-state index contributed by atoms with van der Waals surface area (Å²) in [6.45, 7) is 14.4. The van der Waals surface area contributed by atoms with Gasteiger partial charge in [-0.2, -0.15) is 0 Å². The van der Waals surface area contributed by atoms with E-state index in [1.165, 1.54) is 109 Å². The number of hydrogen-bond donors (Lipinski definition) is 0. The molecule has 0 saturated carbocycles. The highest BCUT2D eigenvalue weighted by Gasteiger charge is 2.11. The lowest BCUT2D eigenvalue weighted by Crippen LogP contribution is -2.08. The van der Waals surface area contributed by atoms with E-state index in [0.29, 0.717) is 0 Å². The fourth-order valence-electron chi connectivity index (χ4n) is 4.14. The first kappa shape index (κ1) is 27.0. The second kappa shape index (κ2) is 19.3. The van der Waals surface area contributed by atoms with Crippen molar-refractivity contribution in [3.8, 4) is 0 Å². The van der Waals surface area contributed by atoms with Gasteiger partial charge in [0.2, 0.25) is 0 Å². The lowest BCUT2D eigenvalue weighted by Gasteiger charge is -2.19. The molecule has 27 heavy (non-hydrogen) atoms. The van der Waals surface area contributed by atoms with Crippen molar-refractivity contribution in [1.29, 1.82) is 0 Å². The first-order valence-corrected chi connectivity index (χ1v) is 13.0. The normalized spacial score (nSPS) is 15.2. The topological polar surface area (TPSA) is 0 Å². The van der Waals surface area contributed by atoms with Crippen LogP contribution in [0, 0.1) is 23.7 Å². The maximum absolute atomic E-state index is 2.49. The van der Waals surface area contributed by atoms with Gasteiger partial charge in [0.05, 0.1) is 0 Å². The zero-order valence-corrected chi connectivity index (χ0v) is 20.3. The van der Waals surface area contributed by atoms with Gasteiger partial charge in [0, 0.05) is 0 Å². The van der Waals surface area contributed by atoms with Crippen LogP contribution in [0.25, 0.3) is 0 Å². The Hall–Kier alpha value is 0. The molecule has 0 saturated heterocycles. The maximum atomic E-state index is 2.49. The Kier molecular flexibility index (Phi) is 19.3. The average molecular weight is 381 g/mol. The van der Waals surface area contributed by atoms with Gasteiger partial charge in [0.1, 0.15) is 0 Å². The molecule has 0 aromatic rings. The number of unbranched alkanes of at least 4 members (excludes halogenated alkanes) is 12. The zero-order valence-electron chi connectivity index (χ0n) is 20.3. The molecule has 0 aromatic carbocycles. The van der Waals surface area contributed by atoms with Gasteiger partial charge in [0.25, 0.3) is 0 Å². The lowest BCUT2D eigenvalue weighted by molar-refractivity contribution is 0.323. The SMILES string of the molecule is CCCCCC(C)C(C)CCCCCCCCCCCCCC(C)C(C)C. The van der Waals surface area contributed by atoms with E-state index in [2.05, 4.69) is 41.5 Å². The number of rotatable bonds is 20. The molecule has 3 atom stereocenters. The Labute approximate surface area is 174 Å². The van der Waals surface area contributed by atoms with E-state index in [0.717, 1.165) is 23.7 Å². The molecule has 0 radical (unpaired) electrons. The minimum atomic E-state index is 0.863. The zero-order chi connectivity index (χ0) is 20.3. The highest BCUT2D eigenvalue weighted by Crippen LogP contribution is 2.24. The van der Waals surface area contributed by atoms with E-state index in [4.69, 9.17) is 0 Å². The third kappa shape index (κ3) is 17.8. The molecule has 0 aromatic heterocycles. The Balaban J connectivity index is 3.27. The van der Waals surface area contributed by atoms with Gasteiger partial charge in [-0.25, -0.2) is 0 Å². The van der Waals surface area contributed by atoms with Crippen LogP contribution in [0.5, 0.6) is 0 Å². The summed E-state index contributed by atoms with van der Waals surface area (Å²) in [7, 11) is 0. The van der Waals surface area contributed by atoms with Crippen molar-refractivity contribution in [2.75, 3.05) is 0 Å². The summed E-state index contributed by atoms with van der Waals surface area (Å²) in [4.78, 5) is 0. The highest BCUT2D eigenvalue weighted by atomic mass is 14.2. The van der Waals surface area contributed by atoms with Gasteiger partial charge >= 0.3 is 0 Å². The Morgan fingerprint density at radius 2 is 0.667 bits per heavy atom. The van der Waals surface area contributed by atoms with Crippen LogP contribution in [0.3, 0.4) is 0 Å². The van der Waals surface area contributed by atoms with Crippen molar-refractivity contribution in [2.45, 2.75) is 151 Å². The highest BCUT2D eigenvalue weighted by molar-refractivity contribution is 4.63. The van der Waals surface area contributed by atoms with E-state index >= 15 is 0 Å². The minimum absolute atomic E-state index is 0.863. The molecule has 0 heteroatoms. The predicted octanol–water partition coefficient (Wildman–Crippen LogP) is 10.2. The summed E-state index contributed by atoms with van der Waals surface area (Å²) in [5.41, 5.74) is 0. The van der Waals surface area contributed by atoms with Crippen LogP contribution in [-0.4, -0.2) is 0 Å². The lowest BCUT2D eigenvalue weighted by atomic mass is 9.87. The fraction of sp³-hybridized carbons (Fsp3) is 1.00. The van der Waals surface area contributed by atoms with E-state index < -0.39 is 0 Å². The Morgan fingerprint density at radius 1 is 0.370 bits per heavy atom. The van der Waals surface area contributed by atoms with Crippen molar-refractivity contribution in [2.24, 2.45) is 23.7 Å². The Bertz CT molecular complexity index is 280. The molecule has 164 valence electrons. The fourth-order valence-corrected chi connectivity index (χ4v) is 4.14. The molecule has 0 heterocycles. The van der Waals surface area contributed by atoms with Crippen molar-refractivity contribution >= 4 is 0 Å². The maximum Gasteiger partial charge on any atom is -0.0417 e. The molecule has 0 amide bonds. The van der Waals surface area contributed by atoms with Crippen LogP contribution in [0.2, 0.25) is 0 Å². The standard InChI is InChI=1S/C27H56/c1-7-8-18-22-26(5)27(6)23-20-17-15-13-11-9-10-12-14-16-19-21-25(4)24(2)3/h24-27H,7-23H2,1-6H3. The molecule has 0 aliphatic carbocycles. The Morgan fingerprint density at radius 3 is 1.00 bits per heavy atom. The number of hydrogen-bond acceptors (Lipinski definition) is 0. The van der Waals surface area contributed by atoms with Crippen molar-refractivity contribution in [3.63, 3.8) is 0 Å². The molecule has 0 aliphatic rings. The molecule has 0 aliphatic heterocycles. The van der Waals surface area contributed by atoms with Crippen LogP contribution in [0.1, 0.15) is 151 Å². The smallest absolute Gasteiger partial charge is 0.0417 e. The average Bonchev–Trinajstić information content (AvgIpc) is 2.64. The third-order valence-electron chi connectivity index (χ3n) is 7.19. The predicted molar refractivity (Wildman–Crippen MR) is 126 cm³/mol. The molecule has 0 rings (SSSR count). The summed E-state index contributed by atoms with van der Waals surface area (Å²) < 4.78 is 0. The second-order valence-electron chi connectivity index (χ2n) is 10.1. The van der Waals surface area contributed by atoms with E-state index in [1.54, 1.807) is 0 Å². The first-order chi connectivity index (χ1) is 13.0. The molecule has 0 fully saturated rings. The largest absolute Gasteiger partial charge is 0.0654 e. The molecule has 0 nitrogen and oxygen atoms in total. The van der Waals surface area contributed by atoms with Crippen LogP contribution in [0.15, 0.2) is 0 Å². The molecule has 3 unspecified atom stereocenters. The van der Waals surface area contributed by atoms with Gasteiger partial charge < -0.3 is 0 Å².